The molecule has 0 fully saturated rings. The number of alkyl halides is 2. The summed E-state index contributed by atoms with van der Waals surface area (Å²) in [7, 11) is -5.07. The van der Waals surface area contributed by atoms with E-state index in [-0.39, 0.29) is 0 Å². The van der Waals surface area contributed by atoms with Gasteiger partial charge in [-0.3, -0.25) is 4.57 Å². The van der Waals surface area contributed by atoms with E-state index < -0.39 is 13.8 Å². The molecular formula is CH3F2O3P. The fraction of sp³-hybridized carbons (Fsp3) is 1.00. The van der Waals surface area contributed by atoms with E-state index in [1.807, 2.05) is 0 Å². The van der Waals surface area contributed by atoms with Crippen LogP contribution in [0.3, 0.4) is 0 Å². The maximum Gasteiger partial charge on any atom is 0.391 e. The fourth-order valence-corrected chi connectivity index (χ4v) is 0. The van der Waals surface area contributed by atoms with Gasteiger partial charge < -0.3 is 9.79 Å². The van der Waals surface area contributed by atoms with Gasteiger partial charge in [-0.2, -0.15) is 8.78 Å². The van der Waals surface area contributed by atoms with Gasteiger partial charge in [-0.05, 0) is 0 Å². The van der Waals surface area contributed by atoms with Gasteiger partial charge in [-0.15, -0.1) is 0 Å². The maximum absolute atomic E-state index is 10.8. The predicted molar refractivity (Wildman–Crippen MR) is 18.0 cm³/mol. The second kappa shape index (κ2) is 1.86. The van der Waals surface area contributed by atoms with E-state index in [1.54, 1.807) is 0 Å². The summed E-state index contributed by atoms with van der Waals surface area (Å²) in [6.45, 7) is 0. The second-order valence-corrected chi connectivity index (χ2v) is 2.44. The largest absolute Gasteiger partial charge is 0.391 e. The molecule has 0 bridgehead atoms. The van der Waals surface area contributed by atoms with E-state index in [9.17, 15) is 13.3 Å². The van der Waals surface area contributed by atoms with Crippen molar-refractivity contribution < 1.29 is 23.1 Å². The molecule has 2 N–H and O–H groups in total. The van der Waals surface area contributed by atoms with Gasteiger partial charge in [0.2, 0.25) is 0 Å². The highest BCUT2D eigenvalue weighted by molar-refractivity contribution is 7.52. The third-order valence-electron chi connectivity index (χ3n) is 0.254. The summed E-state index contributed by atoms with van der Waals surface area (Å²) in [4.78, 5) is 14.9. The van der Waals surface area contributed by atoms with Crippen molar-refractivity contribution in [3.8, 4) is 0 Å². The third kappa shape index (κ3) is 2.68. The first-order valence-corrected chi connectivity index (χ1v) is 2.96. The minimum absolute atomic E-state index is 3.53. The van der Waals surface area contributed by atoms with E-state index in [0.29, 0.717) is 0 Å². The molecule has 0 aromatic heterocycles. The van der Waals surface area contributed by atoms with Crippen LogP contribution in [0.2, 0.25) is 0 Å². The molecule has 0 aliphatic rings. The Balaban J connectivity index is 3.80. The normalized spacial score (nSPS) is 12.7. The zero-order chi connectivity index (χ0) is 6.08. The summed E-state index contributed by atoms with van der Waals surface area (Å²) >= 11 is 0. The van der Waals surface area contributed by atoms with Crippen LogP contribution in [0.15, 0.2) is 0 Å². The third-order valence-corrected chi connectivity index (χ3v) is 0.763. The molecule has 0 unspecified atom stereocenters. The molecule has 0 aromatic carbocycles. The summed E-state index contributed by atoms with van der Waals surface area (Å²) in [6.07, 6.45) is -3.53. The minimum atomic E-state index is -5.07. The van der Waals surface area contributed by atoms with Crippen LogP contribution >= 0.6 is 7.60 Å². The molecule has 7 heavy (non-hydrogen) atoms. The quantitative estimate of drug-likeness (QED) is 0.507. The molecule has 0 amide bonds. The molecule has 0 aromatic rings. The van der Waals surface area contributed by atoms with Crippen LogP contribution in [0.1, 0.15) is 0 Å². The van der Waals surface area contributed by atoms with E-state index in [1.165, 1.54) is 0 Å². The summed E-state index contributed by atoms with van der Waals surface area (Å²) in [5.74, 6) is 0. The van der Waals surface area contributed by atoms with Crippen LogP contribution in [-0.4, -0.2) is 16.0 Å². The van der Waals surface area contributed by atoms with Gasteiger partial charge in [0.25, 0.3) is 0 Å². The van der Waals surface area contributed by atoms with Crippen LogP contribution in [0, 0.1) is 0 Å². The van der Waals surface area contributed by atoms with Gasteiger partial charge in [-0.25, -0.2) is 0 Å². The van der Waals surface area contributed by atoms with Crippen molar-refractivity contribution in [2.24, 2.45) is 0 Å². The van der Waals surface area contributed by atoms with Crippen molar-refractivity contribution in [2.75, 3.05) is 0 Å². The van der Waals surface area contributed by atoms with E-state index in [4.69, 9.17) is 9.79 Å². The molecule has 0 heterocycles. The number of rotatable bonds is 1. The standard InChI is InChI=1S/CH3F2O3P/c2-1(3)7(4,5)6/h1H,(H2,4,5,6). The Morgan fingerprint density at radius 2 is 1.57 bits per heavy atom. The molecule has 6 heteroatoms. The van der Waals surface area contributed by atoms with Gasteiger partial charge in [0.15, 0.2) is 0 Å². The van der Waals surface area contributed by atoms with Gasteiger partial charge in [0, 0.05) is 0 Å². The molecule has 0 radical (unpaired) electrons. The molecule has 0 spiro atoms. The van der Waals surface area contributed by atoms with Crippen molar-refractivity contribution in [1.29, 1.82) is 0 Å². The number of hydrogen-bond donors (Lipinski definition) is 2. The molecule has 0 rings (SSSR count). The molecular weight excluding hydrogens is 129 g/mol. The molecule has 0 saturated heterocycles. The zero-order valence-corrected chi connectivity index (χ0v) is 3.98. The zero-order valence-electron chi connectivity index (χ0n) is 3.08. The lowest BCUT2D eigenvalue weighted by Gasteiger charge is -1.97. The smallest absolute Gasteiger partial charge is 0.320 e. The minimum Gasteiger partial charge on any atom is -0.320 e. The van der Waals surface area contributed by atoms with Crippen LogP contribution < -0.4 is 0 Å². The van der Waals surface area contributed by atoms with Crippen molar-refractivity contribution in [2.45, 2.75) is 6.17 Å². The van der Waals surface area contributed by atoms with E-state index in [0.717, 1.165) is 0 Å². The summed E-state index contributed by atoms with van der Waals surface area (Å²) in [5, 5.41) is 0. The fourth-order valence-electron chi connectivity index (χ4n) is 0. The molecule has 0 aliphatic carbocycles. The lowest BCUT2D eigenvalue weighted by atomic mass is 11.7. The van der Waals surface area contributed by atoms with Gasteiger partial charge in [0.05, 0.1) is 0 Å². The second-order valence-electron chi connectivity index (χ2n) is 0.867. The average Bonchev–Trinajstić information content (AvgIpc) is 1.31. The van der Waals surface area contributed by atoms with Gasteiger partial charge >= 0.3 is 13.8 Å². The lowest BCUT2D eigenvalue weighted by Crippen LogP contribution is -1.89. The topological polar surface area (TPSA) is 57.5 Å². The Kier molecular flexibility index (Phi) is 1.86. The molecule has 3 nitrogen and oxygen atoms in total. The van der Waals surface area contributed by atoms with Gasteiger partial charge in [-0.1, -0.05) is 0 Å². The molecule has 0 atom stereocenters. The van der Waals surface area contributed by atoms with Crippen LogP contribution in [0.25, 0.3) is 0 Å². The lowest BCUT2D eigenvalue weighted by molar-refractivity contribution is 0.184. The van der Waals surface area contributed by atoms with Gasteiger partial charge in [0.1, 0.15) is 0 Å². The van der Waals surface area contributed by atoms with Crippen molar-refractivity contribution in [1.82, 2.24) is 0 Å². The highest BCUT2D eigenvalue weighted by atomic mass is 31.2. The first-order chi connectivity index (χ1) is 2.94. The Morgan fingerprint density at radius 1 is 1.43 bits per heavy atom. The maximum atomic E-state index is 10.8. The summed E-state index contributed by atoms with van der Waals surface area (Å²) in [5.41, 5.74) is 0. The van der Waals surface area contributed by atoms with Crippen molar-refractivity contribution in [3.05, 3.63) is 0 Å². The average molecular weight is 132 g/mol. The Bertz CT molecular complexity index is 95.1. The Hall–Kier alpha value is 0.01000. The monoisotopic (exact) mass is 132 g/mol. The first-order valence-electron chi connectivity index (χ1n) is 1.28. The molecule has 0 aliphatic heterocycles. The summed E-state index contributed by atoms with van der Waals surface area (Å²) in [6, 6.07) is 0. The number of halogens is 2. The Labute approximate surface area is 38.1 Å². The Morgan fingerprint density at radius 3 is 1.57 bits per heavy atom. The van der Waals surface area contributed by atoms with Crippen molar-refractivity contribution in [3.63, 3.8) is 0 Å². The molecule has 0 saturated carbocycles. The van der Waals surface area contributed by atoms with Crippen LogP contribution in [-0.2, 0) is 4.57 Å². The van der Waals surface area contributed by atoms with Crippen LogP contribution in [0.4, 0.5) is 8.78 Å². The van der Waals surface area contributed by atoms with Crippen LogP contribution in [0.5, 0.6) is 0 Å². The SMILES string of the molecule is O=P(O)(O)C(F)F. The highest BCUT2D eigenvalue weighted by Gasteiger charge is 2.26. The predicted octanol–water partition coefficient (Wildman–Crippen LogP) is 0.387. The van der Waals surface area contributed by atoms with E-state index in [2.05, 4.69) is 0 Å². The first kappa shape index (κ1) is 7.01. The number of hydrogen-bond acceptors (Lipinski definition) is 1. The summed E-state index contributed by atoms with van der Waals surface area (Å²) < 4.78 is 30.8. The molecule has 44 valence electrons. The highest BCUT2D eigenvalue weighted by Crippen LogP contribution is 2.42. The van der Waals surface area contributed by atoms with Crippen molar-refractivity contribution >= 4 is 7.60 Å². The van der Waals surface area contributed by atoms with E-state index >= 15 is 0 Å².